The van der Waals surface area contributed by atoms with E-state index >= 15 is 0 Å². The summed E-state index contributed by atoms with van der Waals surface area (Å²) in [4.78, 5) is 10.9. The molecule has 0 spiro atoms. The van der Waals surface area contributed by atoms with Gasteiger partial charge >= 0.3 is 0 Å². The number of rotatable bonds is 2. The summed E-state index contributed by atoms with van der Waals surface area (Å²) in [6, 6.07) is 0. The van der Waals surface area contributed by atoms with Gasteiger partial charge in [0, 0.05) is 5.69 Å². The highest BCUT2D eigenvalue weighted by molar-refractivity contribution is 7.91. The smallest absolute Gasteiger partial charge is 0.153 e. The molecule has 6 heteroatoms. The first kappa shape index (κ1) is 12.3. The van der Waals surface area contributed by atoms with Crippen LogP contribution >= 0.6 is 0 Å². The Labute approximate surface area is 101 Å². The topological polar surface area (TPSA) is 69.0 Å². The van der Waals surface area contributed by atoms with Gasteiger partial charge in [-0.15, -0.1) is 0 Å². The van der Waals surface area contributed by atoms with E-state index in [1.165, 1.54) is 0 Å². The van der Waals surface area contributed by atoms with Crippen molar-refractivity contribution in [1.29, 1.82) is 0 Å². The lowest BCUT2D eigenvalue weighted by Gasteiger charge is -2.24. The standard InChI is InChI=1S/C11H16N2O3S/c1-8-10(6-14)9(2)13(12-8)11(3)4-5-17(15,16)7-11/h6H,4-5,7H2,1-3H3/t11-/m1/s1. The van der Waals surface area contributed by atoms with Crippen molar-refractivity contribution in [2.24, 2.45) is 0 Å². The summed E-state index contributed by atoms with van der Waals surface area (Å²) in [7, 11) is -2.98. The van der Waals surface area contributed by atoms with Crippen molar-refractivity contribution < 1.29 is 13.2 Å². The van der Waals surface area contributed by atoms with Gasteiger partial charge in [-0.1, -0.05) is 0 Å². The van der Waals surface area contributed by atoms with Crippen LogP contribution in [0.2, 0.25) is 0 Å². The molecule has 0 N–H and O–H groups in total. The van der Waals surface area contributed by atoms with Crippen LogP contribution in [0.25, 0.3) is 0 Å². The minimum atomic E-state index is -2.98. The van der Waals surface area contributed by atoms with Crippen molar-refractivity contribution in [3.8, 4) is 0 Å². The van der Waals surface area contributed by atoms with Crippen LogP contribution in [0.4, 0.5) is 0 Å². The van der Waals surface area contributed by atoms with E-state index in [4.69, 9.17) is 0 Å². The third-order valence-corrected chi connectivity index (χ3v) is 5.35. The van der Waals surface area contributed by atoms with E-state index in [9.17, 15) is 13.2 Å². The molecule has 5 nitrogen and oxygen atoms in total. The average molecular weight is 256 g/mol. The molecule has 0 amide bonds. The van der Waals surface area contributed by atoms with Crippen LogP contribution in [0.3, 0.4) is 0 Å². The molecule has 1 fully saturated rings. The molecule has 0 aromatic carbocycles. The quantitative estimate of drug-likeness (QED) is 0.735. The number of hydrogen-bond acceptors (Lipinski definition) is 4. The number of aromatic nitrogens is 2. The monoisotopic (exact) mass is 256 g/mol. The highest BCUT2D eigenvalue weighted by Crippen LogP contribution is 2.32. The number of carbonyl (C=O) groups excluding carboxylic acids is 1. The van der Waals surface area contributed by atoms with E-state index in [0.717, 1.165) is 12.0 Å². The molecular formula is C11H16N2O3S. The zero-order valence-corrected chi connectivity index (χ0v) is 11.0. The molecule has 2 heterocycles. The maximum Gasteiger partial charge on any atom is 0.153 e. The van der Waals surface area contributed by atoms with Crippen molar-refractivity contribution in [2.75, 3.05) is 11.5 Å². The Bertz CT molecular complexity index is 574. The van der Waals surface area contributed by atoms with E-state index in [2.05, 4.69) is 5.10 Å². The maximum atomic E-state index is 11.6. The predicted molar refractivity (Wildman–Crippen MR) is 64.0 cm³/mol. The molecule has 1 aliphatic rings. The van der Waals surface area contributed by atoms with Gasteiger partial charge in [0.15, 0.2) is 16.1 Å². The lowest BCUT2D eigenvalue weighted by molar-refractivity contribution is 0.112. The summed E-state index contributed by atoms with van der Waals surface area (Å²) < 4.78 is 24.9. The minimum Gasteiger partial charge on any atom is -0.298 e. The number of carbonyl (C=O) groups is 1. The summed E-state index contributed by atoms with van der Waals surface area (Å²) in [5.41, 5.74) is 1.45. The molecule has 2 rings (SSSR count). The number of sulfone groups is 1. The average Bonchev–Trinajstić information content (AvgIpc) is 2.66. The first-order valence-corrected chi connectivity index (χ1v) is 7.33. The maximum absolute atomic E-state index is 11.6. The first-order valence-electron chi connectivity index (χ1n) is 5.51. The summed E-state index contributed by atoms with van der Waals surface area (Å²) >= 11 is 0. The lowest BCUT2D eigenvalue weighted by Crippen LogP contribution is -2.33. The van der Waals surface area contributed by atoms with Gasteiger partial charge in [-0.2, -0.15) is 5.10 Å². The fraction of sp³-hybridized carbons (Fsp3) is 0.636. The van der Waals surface area contributed by atoms with Crippen LogP contribution in [0.1, 0.15) is 35.1 Å². The molecular weight excluding hydrogens is 240 g/mol. The Morgan fingerprint density at radius 2 is 2.06 bits per heavy atom. The van der Waals surface area contributed by atoms with Crippen LogP contribution < -0.4 is 0 Å². The van der Waals surface area contributed by atoms with Crippen LogP contribution in [-0.2, 0) is 15.4 Å². The zero-order valence-electron chi connectivity index (χ0n) is 10.2. The molecule has 0 radical (unpaired) electrons. The van der Waals surface area contributed by atoms with Gasteiger partial charge in [0.1, 0.15) is 0 Å². The second-order valence-corrected chi connectivity index (χ2v) is 7.14. The van der Waals surface area contributed by atoms with Crippen LogP contribution in [0, 0.1) is 13.8 Å². The molecule has 0 aliphatic carbocycles. The molecule has 17 heavy (non-hydrogen) atoms. The van der Waals surface area contributed by atoms with Gasteiger partial charge in [-0.05, 0) is 27.2 Å². The molecule has 1 aromatic heterocycles. The van der Waals surface area contributed by atoms with E-state index in [0.29, 0.717) is 17.7 Å². The van der Waals surface area contributed by atoms with Crippen molar-refractivity contribution in [2.45, 2.75) is 32.7 Å². The van der Waals surface area contributed by atoms with Crippen molar-refractivity contribution in [3.63, 3.8) is 0 Å². The summed E-state index contributed by atoms with van der Waals surface area (Å²) in [5, 5.41) is 4.32. The zero-order chi connectivity index (χ0) is 12.8. The Morgan fingerprint density at radius 1 is 1.41 bits per heavy atom. The van der Waals surface area contributed by atoms with Gasteiger partial charge in [0.25, 0.3) is 0 Å². The molecule has 0 unspecified atom stereocenters. The van der Waals surface area contributed by atoms with Crippen molar-refractivity contribution in [3.05, 3.63) is 17.0 Å². The fourth-order valence-corrected chi connectivity index (χ4v) is 4.62. The Balaban J connectivity index is 2.52. The first-order chi connectivity index (χ1) is 7.79. The third kappa shape index (κ3) is 1.90. The van der Waals surface area contributed by atoms with Crippen LogP contribution in [0.5, 0.6) is 0 Å². The molecule has 1 saturated heterocycles. The second kappa shape index (κ2) is 3.66. The normalized spacial score (nSPS) is 27.2. The van der Waals surface area contributed by atoms with E-state index in [1.54, 1.807) is 18.5 Å². The fourth-order valence-electron chi connectivity index (χ4n) is 2.51. The third-order valence-electron chi connectivity index (χ3n) is 3.46. The molecule has 94 valence electrons. The van der Waals surface area contributed by atoms with E-state index in [-0.39, 0.29) is 11.5 Å². The highest BCUT2D eigenvalue weighted by Gasteiger charge is 2.41. The number of aldehydes is 1. The summed E-state index contributed by atoms with van der Waals surface area (Å²) in [5.74, 6) is 0.290. The van der Waals surface area contributed by atoms with Crippen LogP contribution in [0.15, 0.2) is 0 Å². The molecule has 1 aromatic rings. The number of nitrogens with zero attached hydrogens (tertiary/aromatic N) is 2. The molecule has 0 bridgehead atoms. The number of aryl methyl sites for hydroxylation is 1. The Kier molecular flexibility index (Phi) is 2.65. The van der Waals surface area contributed by atoms with Gasteiger partial charge in [0.05, 0.1) is 28.3 Å². The van der Waals surface area contributed by atoms with Gasteiger partial charge in [0.2, 0.25) is 0 Å². The van der Waals surface area contributed by atoms with Gasteiger partial charge in [-0.3, -0.25) is 9.48 Å². The SMILES string of the molecule is Cc1nn([C@]2(C)CCS(=O)(=O)C2)c(C)c1C=O. The van der Waals surface area contributed by atoms with E-state index < -0.39 is 15.4 Å². The highest BCUT2D eigenvalue weighted by atomic mass is 32.2. The van der Waals surface area contributed by atoms with Crippen molar-refractivity contribution in [1.82, 2.24) is 9.78 Å². The predicted octanol–water partition coefficient (Wildman–Crippen LogP) is 0.846. The van der Waals surface area contributed by atoms with Crippen LogP contribution in [-0.4, -0.2) is 36.0 Å². The summed E-state index contributed by atoms with van der Waals surface area (Å²) in [6.07, 6.45) is 1.33. The lowest BCUT2D eigenvalue weighted by atomic mass is 10.0. The summed E-state index contributed by atoms with van der Waals surface area (Å²) in [6.45, 7) is 5.45. The second-order valence-electron chi connectivity index (χ2n) is 4.95. The Morgan fingerprint density at radius 3 is 2.47 bits per heavy atom. The molecule has 1 atom stereocenters. The molecule has 0 saturated carbocycles. The van der Waals surface area contributed by atoms with Gasteiger partial charge in [-0.25, -0.2) is 8.42 Å². The molecule has 1 aliphatic heterocycles. The van der Waals surface area contributed by atoms with Gasteiger partial charge < -0.3 is 0 Å². The number of hydrogen-bond donors (Lipinski definition) is 0. The van der Waals surface area contributed by atoms with E-state index in [1.807, 2.05) is 6.92 Å². The Hall–Kier alpha value is -1.17. The van der Waals surface area contributed by atoms with Crippen molar-refractivity contribution >= 4 is 16.1 Å². The minimum absolute atomic E-state index is 0.0975. The largest absolute Gasteiger partial charge is 0.298 e.